The zero-order valence-electron chi connectivity index (χ0n) is 20.1. The first-order valence-electron chi connectivity index (χ1n) is 11.6. The third kappa shape index (κ3) is 5.62. The standard InChI is InChI=1S/C26H29N3O6/c1-16(25(31)27-15-17-8-11-21(33-2)22(14-17)34-3)35-24(30)13-12-23-28-20-7-5-4-6-19(20)26(32)29(23)18-9-10-18/h4-8,11,14,16,18H,9-10,12-13,15H2,1-3H3,(H,27,31). The van der Waals surface area contributed by atoms with Gasteiger partial charge in [0, 0.05) is 19.0 Å². The van der Waals surface area contributed by atoms with Gasteiger partial charge in [-0.05, 0) is 49.6 Å². The van der Waals surface area contributed by atoms with Gasteiger partial charge in [0.05, 0.1) is 31.5 Å². The summed E-state index contributed by atoms with van der Waals surface area (Å²) in [7, 11) is 3.09. The Morgan fingerprint density at radius 3 is 2.57 bits per heavy atom. The van der Waals surface area contributed by atoms with Gasteiger partial charge in [-0.1, -0.05) is 18.2 Å². The van der Waals surface area contributed by atoms with Crippen molar-refractivity contribution in [1.29, 1.82) is 0 Å². The smallest absolute Gasteiger partial charge is 0.307 e. The van der Waals surface area contributed by atoms with Crippen molar-refractivity contribution in [2.24, 2.45) is 0 Å². The molecule has 9 nitrogen and oxygen atoms in total. The number of para-hydroxylation sites is 1. The molecule has 9 heteroatoms. The Bertz CT molecular complexity index is 1300. The predicted molar refractivity (Wildman–Crippen MR) is 130 cm³/mol. The summed E-state index contributed by atoms with van der Waals surface area (Å²) < 4.78 is 17.5. The number of nitrogens with one attached hydrogen (secondary N) is 1. The summed E-state index contributed by atoms with van der Waals surface area (Å²) in [6, 6.07) is 12.7. The predicted octanol–water partition coefficient (Wildman–Crippen LogP) is 2.93. The van der Waals surface area contributed by atoms with Gasteiger partial charge >= 0.3 is 5.97 Å². The highest BCUT2D eigenvalue weighted by molar-refractivity contribution is 5.83. The molecule has 1 unspecified atom stereocenters. The first kappa shape index (κ1) is 24.3. The van der Waals surface area contributed by atoms with Gasteiger partial charge in [0.25, 0.3) is 11.5 Å². The lowest BCUT2D eigenvalue weighted by Gasteiger charge is -2.15. The zero-order chi connectivity index (χ0) is 24.9. The summed E-state index contributed by atoms with van der Waals surface area (Å²) in [6.45, 7) is 1.77. The average molecular weight is 480 g/mol. The maximum Gasteiger partial charge on any atom is 0.307 e. The summed E-state index contributed by atoms with van der Waals surface area (Å²) in [4.78, 5) is 42.5. The number of fused-ring (bicyclic) bond motifs is 1. The number of nitrogens with zero attached hydrogens (tertiary/aromatic N) is 2. The van der Waals surface area contributed by atoms with Crippen molar-refractivity contribution in [3.8, 4) is 11.5 Å². The molecule has 1 aromatic heterocycles. The van der Waals surface area contributed by atoms with Gasteiger partial charge in [-0.15, -0.1) is 0 Å². The van der Waals surface area contributed by atoms with Gasteiger partial charge in [-0.2, -0.15) is 0 Å². The van der Waals surface area contributed by atoms with E-state index in [1.165, 1.54) is 6.92 Å². The fourth-order valence-electron chi connectivity index (χ4n) is 3.92. The van der Waals surface area contributed by atoms with Crippen molar-refractivity contribution in [1.82, 2.24) is 14.9 Å². The Morgan fingerprint density at radius 2 is 1.86 bits per heavy atom. The second-order valence-corrected chi connectivity index (χ2v) is 8.49. The van der Waals surface area contributed by atoms with Crippen LogP contribution < -0.4 is 20.3 Å². The fourth-order valence-corrected chi connectivity index (χ4v) is 3.92. The number of amides is 1. The van der Waals surface area contributed by atoms with E-state index in [0.29, 0.717) is 28.2 Å². The minimum absolute atomic E-state index is 0.0186. The molecule has 1 saturated carbocycles. The van der Waals surface area contributed by atoms with Crippen molar-refractivity contribution in [2.45, 2.75) is 51.3 Å². The van der Waals surface area contributed by atoms with E-state index < -0.39 is 18.0 Å². The molecule has 0 saturated heterocycles. The van der Waals surface area contributed by atoms with E-state index >= 15 is 0 Å². The van der Waals surface area contributed by atoms with Gasteiger partial charge in [-0.3, -0.25) is 19.0 Å². The Labute approximate surface area is 203 Å². The third-order valence-corrected chi connectivity index (χ3v) is 5.94. The minimum atomic E-state index is -0.960. The number of ether oxygens (including phenoxy) is 3. The van der Waals surface area contributed by atoms with E-state index in [4.69, 9.17) is 14.2 Å². The van der Waals surface area contributed by atoms with Gasteiger partial charge < -0.3 is 19.5 Å². The first-order chi connectivity index (χ1) is 16.9. The molecule has 35 heavy (non-hydrogen) atoms. The van der Waals surface area contributed by atoms with Crippen LogP contribution in [-0.2, 0) is 27.3 Å². The summed E-state index contributed by atoms with van der Waals surface area (Å²) in [5, 5.41) is 3.33. The van der Waals surface area contributed by atoms with Crippen LogP contribution in [0.5, 0.6) is 11.5 Å². The number of hydrogen-bond acceptors (Lipinski definition) is 7. The summed E-state index contributed by atoms with van der Waals surface area (Å²) in [5.41, 5.74) is 1.35. The largest absolute Gasteiger partial charge is 0.493 e. The molecule has 1 heterocycles. The lowest BCUT2D eigenvalue weighted by molar-refractivity contribution is -0.154. The molecule has 0 aliphatic heterocycles. The van der Waals surface area contributed by atoms with Crippen LogP contribution in [0.1, 0.15) is 43.6 Å². The van der Waals surface area contributed by atoms with E-state index in [9.17, 15) is 14.4 Å². The average Bonchev–Trinajstić information content (AvgIpc) is 3.71. The highest BCUT2D eigenvalue weighted by atomic mass is 16.5. The van der Waals surface area contributed by atoms with Crippen LogP contribution in [0.2, 0.25) is 0 Å². The van der Waals surface area contributed by atoms with Crippen LogP contribution in [0.15, 0.2) is 47.3 Å². The van der Waals surface area contributed by atoms with Crippen molar-refractivity contribution in [3.63, 3.8) is 0 Å². The maximum absolute atomic E-state index is 12.9. The Kier molecular flexibility index (Phi) is 7.33. The molecule has 1 N–H and O–H groups in total. The van der Waals surface area contributed by atoms with Crippen molar-refractivity contribution >= 4 is 22.8 Å². The molecular weight excluding hydrogens is 450 g/mol. The van der Waals surface area contributed by atoms with Gasteiger partial charge in [0.1, 0.15) is 5.82 Å². The van der Waals surface area contributed by atoms with E-state index in [-0.39, 0.29) is 31.0 Å². The summed E-state index contributed by atoms with van der Waals surface area (Å²) >= 11 is 0. The molecule has 1 aliphatic rings. The van der Waals surface area contributed by atoms with Crippen molar-refractivity contribution < 1.29 is 23.8 Å². The number of esters is 1. The monoisotopic (exact) mass is 479 g/mol. The molecule has 0 radical (unpaired) electrons. The number of hydrogen-bond donors (Lipinski definition) is 1. The lowest BCUT2D eigenvalue weighted by Crippen LogP contribution is -2.35. The first-order valence-corrected chi connectivity index (χ1v) is 11.6. The molecule has 1 fully saturated rings. The van der Waals surface area contributed by atoms with Gasteiger partial charge in [0.2, 0.25) is 0 Å². The molecule has 0 bridgehead atoms. The molecule has 3 aromatic rings. The van der Waals surface area contributed by atoms with Crippen LogP contribution in [0.3, 0.4) is 0 Å². The zero-order valence-corrected chi connectivity index (χ0v) is 20.1. The highest BCUT2D eigenvalue weighted by Crippen LogP contribution is 2.35. The van der Waals surface area contributed by atoms with Gasteiger partial charge in [-0.25, -0.2) is 4.98 Å². The van der Waals surface area contributed by atoms with Crippen LogP contribution >= 0.6 is 0 Å². The maximum atomic E-state index is 12.9. The molecule has 1 atom stereocenters. The van der Waals surface area contributed by atoms with E-state index in [0.717, 1.165) is 18.4 Å². The number of aromatic nitrogens is 2. The Hall–Kier alpha value is -3.88. The number of carbonyl (C=O) groups excluding carboxylic acids is 2. The number of methoxy groups -OCH3 is 2. The SMILES string of the molecule is COc1ccc(CNC(=O)C(C)OC(=O)CCc2nc3ccccc3c(=O)n2C2CC2)cc1OC. The molecule has 2 aromatic carbocycles. The molecule has 4 rings (SSSR count). The lowest BCUT2D eigenvalue weighted by atomic mass is 10.2. The number of aryl methyl sites for hydroxylation is 1. The van der Waals surface area contributed by atoms with Crippen molar-refractivity contribution in [2.75, 3.05) is 14.2 Å². The normalized spacial score (nSPS) is 13.8. The quantitative estimate of drug-likeness (QED) is 0.445. The van der Waals surface area contributed by atoms with E-state index in [1.54, 1.807) is 43.1 Å². The fraction of sp³-hybridized carbons (Fsp3) is 0.385. The number of rotatable bonds is 10. The third-order valence-electron chi connectivity index (χ3n) is 5.94. The molecule has 1 aliphatic carbocycles. The number of benzene rings is 2. The molecule has 0 spiro atoms. The van der Waals surface area contributed by atoms with Crippen LogP contribution in [-0.4, -0.2) is 41.8 Å². The Balaban J connectivity index is 1.33. The van der Waals surface area contributed by atoms with Crippen LogP contribution in [0.25, 0.3) is 10.9 Å². The Morgan fingerprint density at radius 1 is 1.11 bits per heavy atom. The molecule has 1 amide bonds. The van der Waals surface area contributed by atoms with E-state index in [1.807, 2.05) is 18.2 Å². The summed E-state index contributed by atoms with van der Waals surface area (Å²) in [6.07, 6.45) is 1.17. The topological polar surface area (TPSA) is 109 Å². The van der Waals surface area contributed by atoms with Gasteiger partial charge in [0.15, 0.2) is 17.6 Å². The summed E-state index contributed by atoms with van der Waals surface area (Å²) in [5.74, 6) is 0.790. The van der Waals surface area contributed by atoms with Crippen LogP contribution in [0.4, 0.5) is 0 Å². The molecular formula is C26H29N3O6. The second-order valence-electron chi connectivity index (χ2n) is 8.49. The molecule has 184 valence electrons. The second kappa shape index (κ2) is 10.6. The number of carbonyl (C=O) groups is 2. The minimum Gasteiger partial charge on any atom is -0.493 e. The van der Waals surface area contributed by atoms with Crippen molar-refractivity contribution in [3.05, 3.63) is 64.2 Å². The van der Waals surface area contributed by atoms with E-state index in [2.05, 4.69) is 10.3 Å². The highest BCUT2D eigenvalue weighted by Gasteiger charge is 2.28. The van der Waals surface area contributed by atoms with Crippen LogP contribution in [0, 0.1) is 0 Å².